The zero-order valence-electron chi connectivity index (χ0n) is 8.66. The highest BCUT2D eigenvalue weighted by Gasteiger charge is 2.04. The summed E-state index contributed by atoms with van der Waals surface area (Å²) in [7, 11) is 1.60. The second kappa shape index (κ2) is 4.86. The highest BCUT2D eigenvalue weighted by atomic mass is 16.5. The number of nitrogens with two attached hydrogens (primary N) is 1. The summed E-state index contributed by atoms with van der Waals surface area (Å²) in [6, 6.07) is 5.35. The van der Waals surface area contributed by atoms with Gasteiger partial charge in [-0.2, -0.15) is 0 Å². The van der Waals surface area contributed by atoms with Crippen molar-refractivity contribution in [1.82, 2.24) is 0 Å². The van der Waals surface area contributed by atoms with E-state index in [-0.39, 0.29) is 11.8 Å². The van der Waals surface area contributed by atoms with Gasteiger partial charge in [-0.05, 0) is 31.4 Å². The monoisotopic (exact) mass is 195 g/mol. The number of benzene rings is 1. The highest BCUT2D eigenvalue weighted by molar-refractivity contribution is 5.40. The number of phenolic OH excluding ortho intramolecular Hbond substituents is 1. The topological polar surface area (TPSA) is 55.5 Å². The lowest BCUT2D eigenvalue weighted by Crippen LogP contribution is -2.15. The predicted molar refractivity (Wildman–Crippen MR) is 56.6 cm³/mol. The minimum atomic E-state index is 0.188. The molecule has 0 radical (unpaired) electrons. The maximum absolute atomic E-state index is 9.24. The van der Waals surface area contributed by atoms with Crippen LogP contribution < -0.4 is 10.5 Å². The number of hydrogen-bond acceptors (Lipinski definition) is 3. The minimum absolute atomic E-state index is 0.188. The first-order chi connectivity index (χ1) is 6.63. The quantitative estimate of drug-likeness (QED) is 0.768. The Labute approximate surface area is 84.5 Å². The van der Waals surface area contributed by atoms with E-state index < -0.39 is 0 Å². The molecule has 0 saturated heterocycles. The molecular weight excluding hydrogens is 178 g/mol. The van der Waals surface area contributed by atoms with Crippen molar-refractivity contribution < 1.29 is 9.84 Å². The van der Waals surface area contributed by atoms with Crippen molar-refractivity contribution in [2.45, 2.75) is 25.8 Å². The molecule has 0 aliphatic rings. The number of phenols is 1. The summed E-state index contributed by atoms with van der Waals surface area (Å²) in [5.41, 5.74) is 6.76. The number of aryl methyl sites for hydroxylation is 1. The summed E-state index contributed by atoms with van der Waals surface area (Å²) in [4.78, 5) is 0. The van der Waals surface area contributed by atoms with Crippen LogP contribution >= 0.6 is 0 Å². The fourth-order valence-corrected chi connectivity index (χ4v) is 1.32. The van der Waals surface area contributed by atoms with E-state index in [1.54, 1.807) is 19.2 Å². The van der Waals surface area contributed by atoms with Gasteiger partial charge < -0.3 is 15.6 Å². The van der Waals surface area contributed by atoms with Gasteiger partial charge in [0.1, 0.15) is 11.5 Å². The van der Waals surface area contributed by atoms with Crippen molar-refractivity contribution in [2.24, 2.45) is 5.73 Å². The fraction of sp³-hybridized carbons (Fsp3) is 0.455. The van der Waals surface area contributed by atoms with Crippen LogP contribution in [0.15, 0.2) is 18.2 Å². The molecule has 0 bridgehead atoms. The molecule has 1 atom stereocenters. The second-order valence-corrected chi connectivity index (χ2v) is 3.51. The Bertz CT molecular complexity index is 297. The van der Waals surface area contributed by atoms with Crippen LogP contribution in [0.4, 0.5) is 0 Å². The van der Waals surface area contributed by atoms with Crippen LogP contribution in [-0.2, 0) is 6.42 Å². The average Bonchev–Trinajstić information content (AvgIpc) is 2.15. The van der Waals surface area contributed by atoms with Gasteiger partial charge in [-0.1, -0.05) is 6.07 Å². The van der Waals surface area contributed by atoms with Crippen LogP contribution in [0.25, 0.3) is 0 Å². The van der Waals surface area contributed by atoms with E-state index in [9.17, 15) is 5.11 Å². The van der Waals surface area contributed by atoms with Crippen molar-refractivity contribution in [3.63, 3.8) is 0 Å². The van der Waals surface area contributed by atoms with Gasteiger partial charge in [-0.15, -0.1) is 0 Å². The van der Waals surface area contributed by atoms with Gasteiger partial charge in [0.2, 0.25) is 0 Å². The molecule has 0 aromatic heterocycles. The number of rotatable bonds is 4. The summed E-state index contributed by atoms with van der Waals surface area (Å²) >= 11 is 0. The Kier molecular flexibility index (Phi) is 3.77. The molecule has 0 spiro atoms. The third kappa shape index (κ3) is 2.92. The summed E-state index contributed by atoms with van der Waals surface area (Å²) in [5.74, 6) is 0.956. The van der Waals surface area contributed by atoms with Crippen molar-refractivity contribution in [3.05, 3.63) is 23.8 Å². The average molecular weight is 195 g/mol. The lowest BCUT2D eigenvalue weighted by molar-refractivity contribution is 0.401. The molecule has 0 saturated carbocycles. The molecule has 1 aromatic rings. The molecule has 3 heteroatoms. The molecule has 78 valence electrons. The third-order valence-electron chi connectivity index (χ3n) is 2.14. The van der Waals surface area contributed by atoms with E-state index in [1.807, 2.05) is 13.0 Å². The lowest BCUT2D eigenvalue weighted by atomic mass is 10.1. The first-order valence-electron chi connectivity index (χ1n) is 4.75. The SMILES string of the molecule is COc1cc(O)ccc1CC[C@@H](C)N. The number of aromatic hydroxyl groups is 1. The molecular formula is C11H17NO2. The van der Waals surface area contributed by atoms with Crippen molar-refractivity contribution in [3.8, 4) is 11.5 Å². The molecule has 1 aromatic carbocycles. The van der Waals surface area contributed by atoms with E-state index in [0.717, 1.165) is 24.2 Å². The van der Waals surface area contributed by atoms with Crippen molar-refractivity contribution in [2.75, 3.05) is 7.11 Å². The van der Waals surface area contributed by atoms with Crippen LogP contribution in [0, 0.1) is 0 Å². The first-order valence-corrected chi connectivity index (χ1v) is 4.75. The Balaban J connectivity index is 2.75. The zero-order chi connectivity index (χ0) is 10.6. The molecule has 0 heterocycles. The fourth-order valence-electron chi connectivity index (χ4n) is 1.32. The van der Waals surface area contributed by atoms with Crippen LogP contribution in [0.5, 0.6) is 11.5 Å². The van der Waals surface area contributed by atoms with Gasteiger partial charge in [-0.25, -0.2) is 0 Å². The number of ether oxygens (including phenoxy) is 1. The van der Waals surface area contributed by atoms with Gasteiger partial charge >= 0.3 is 0 Å². The summed E-state index contributed by atoms with van der Waals surface area (Å²) in [6.45, 7) is 1.98. The summed E-state index contributed by atoms with van der Waals surface area (Å²) in [6.07, 6.45) is 1.79. The third-order valence-corrected chi connectivity index (χ3v) is 2.14. The van der Waals surface area contributed by atoms with Gasteiger partial charge in [0, 0.05) is 12.1 Å². The number of methoxy groups -OCH3 is 1. The lowest BCUT2D eigenvalue weighted by Gasteiger charge is -2.10. The molecule has 1 rings (SSSR count). The van der Waals surface area contributed by atoms with Gasteiger partial charge in [-0.3, -0.25) is 0 Å². The first kappa shape index (κ1) is 10.9. The van der Waals surface area contributed by atoms with Crippen LogP contribution in [0.3, 0.4) is 0 Å². The maximum Gasteiger partial charge on any atom is 0.125 e. The van der Waals surface area contributed by atoms with Crippen molar-refractivity contribution >= 4 is 0 Å². The second-order valence-electron chi connectivity index (χ2n) is 3.51. The van der Waals surface area contributed by atoms with E-state index in [2.05, 4.69) is 0 Å². The zero-order valence-corrected chi connectivity index (χ0v) is 8.66. The molecule has 0 aliphatic heterocycles. The van der Waals surface area contributed by atoms with E-state index in [1.165, 1.54) is 0 Å². The molecule has 3 nitrogen and oxygen atoms in total. The number of hydrogen-bond donors (Lipinski definition) is 2. The van der Waals surface area contributed by atoms with E-state index in [4.69, 9.17) is 10.5 Å². The van der Waals surface area contributed by atoms with Gasteiger partial charge in [0.15, 0.2) is 0 Å². The Hall–Kier alpha value is -1.22. The predicted octanol–water partition coefficient (Wildman–Crippen LogP) is 1.68. The summed E-state index contributed by atoms with van der Waals surface area (Å²) in [5, 5.41) is 9.24. The normalized spacial score (nSPS) is 12.5. The standard InChI is InChI=1S/C11H17NO2/c1-8(12)3-4-9-5-6-10(13)7-11(9)14-2/h5-8,13H,3-4,12H2,1-2H3/t8-/m1/s1. The molecule has 0 aliphatic carbocycles. The Morgan fingerprint density at radius 2 is 2.21 bits per heavy atom. The smallest absolute Gasteiger partial charge is 0.125 e. The molecule has 0 fully saturated rings. The molecule has 0 unspecified atom stereocenters. The maximum atomic E-state index is 9.24. The largest absolute Gasteiger partial charge is 0.508 e. The Morgan fingerprint density at radius 1 is 1.50 bits per heavy atom. The molecule has 3 N–H and O–H groups in total. The Morgan fingerprint density at radius 3 is 2.79 bits per heavy atom. The van der Waals surface area contributed by atoms with Gasteiger partial charge in [0.05, 0.1) is 7.11 Å². The highest BCUT2D eigenvalue weighted by Crippen LogP contribution is 2.24. The summed E-state index contributed by atoms with van der Waals surface area (Å²) < 4.78 is 5.16. The van der Waals surface area contributed by atoms with Crippen LogP contribution in [0.1, 0.15) is 18.9 Å². The van der Waals surface area contributed by atoms with E-state index >= 15 is 0 Å². The van der Waals surface area contributed by atoms with Crippen LogP contribution in [-0.4, -0.2) is 18.3 Å². The molecule has 0 amide bonds. The van der Waals surface area contributed by atoms with Crippen LogP contribution in [0.2, 0.25) is 0 Å². The minimum Gasteiger partial charge on any atom is -0.508 e. The molecule has 14 heavy (non-hydrogen) atoms. The van der Waals surface area contributed by atoms with Gasteiger partial charge in [0.25, 0.3) is 0 Å². The van der Waals surface area contributed by atoms with Crippen molar-refractivity contribution in [1.29, 1.82) is 0 Å². The van der Waals surface area contributed by atoms with E-state index in [0.29, 0.717) is 0 Å².